The minimum absolute atomic E-state index is 0.165. The van der Waals surface area contributed by atoms with E-state index in [9.17, 15) is 18.4 Å². The van der Waals surface area contributed by atoms with Gasteiger partial charge < -0.3 is 5.32 Å². The molecule has 7 heteroatoms. The molecule has 0 spiro atoms. The summed E-state index contributed by atoms with van der Waals surface area (Å²) < 4.78 is 25.6. The summed E-state index contributed by atoms with van der Waals surface area (Å²) in [5.41, 5.74) is 1.68. The number of hydrogen-bond donors (Lipinski definition) is 1. The van der Waals surface area contributed by atoms with Gasteiger partial charge in [0.15, 0.2) is 0 Å². The molecule has 130 valence electrons. The molecule has 2 amide bonds. The number of anilines is 1. The van der Waals surface area contributed by atoms with Gasteiger partial charge in [0.05, 0.1) is 5.56 Å². The molecule has 0 aromatic heterocycles. The lowest BCUT2D eigenvalue weighted by Crippen LogP contribution is -2.47. The van der Waals surface area contributed by atoms with E-state index in [-0.39, 0.29) is 16.4 Å². The SMILES string of the molecule is CNC(=O)[C@H]1Cc2ccccc2N1C(=O)c1ccccc1SC(F)F. The highest BCUT2D eigenvalue weighted by Gasteiger charge is 2.38. The number of benzene rings is 2. The summed E-state index contributed by atoms with van der Waals surface area (Å²) in [6.07, 6.45) is 0.395. The summed E-state index contributed by atoms with van der Waals surface area (Å²) in [7, 11) is 1.51. The standard InChI is InChI=1S/C18H16F2N2O2S/c1-21-16(23)14-10-11-6-2-4-8-13(11)22(14)17(24)12-7-3-5-9-15(12)25-18(19)20/h2-9,14,18H,10H2,1H3,(H,21,23)/t14-/m1/s1. The van der Waals surface area contributed by atoms with Crippen LogP contribution in [0, 0.1) is 0 Å². The number of alkyl halides is 2. The Balaban J connectivity index is 2.04. The number of para-hydroxylation sites is 1. The second kappa shape index (κ2) is 7.23. The van der Waals surface area contributed by atoms with E-state index in [1.807, 2.05) is 12.1 Å². The monoisotopic (exact) mass is 362 g/mol. The van der Waals surface area contributed by atoms with Crippen LogP contribution in [0.2, 0.25) is 0 Å². The summed E-state index contributed by atoms with van der Waals surface area (Å²) >= 11 is 0.327. The van der Waals surface area contributed by atoms with Crippen molar-refractivity contribution in [2.24, 2.45) is 0 Å². The lowest BCUT2D eigenvalue weighted by atomic mass is 10.1. The van der Waals surface area contributed by atoms with Crippen molar-refractivity contribution in [2.45, 2.75) is 23.1 Å². The first kappa shape index (κ1) is 17.4. The Bertz CT molecular complexity index is 813. The first-order valence-electron chi connectivity index (χ1n) is 7.70. The van der Waals surface area contributed by atoms with Crippen LogP contribution >= 0.6 is 11.8 Å². The largest absolute Gasteiger partial charge is 0.357 e. The van der Waals surface area contributed by atoms with Crippen LogP contribution in [0.5, 0.6) is 0 Å². The molecule has 4 nitrogen and oxygen atoms in total. The van der Waals surface area contributed by atoms with E-state index in [1.165, 1.54) is 24.1 Å². The number of rotatable bonds is 4. The van der Waals surface area contributed by atoms with Crippen molar-refractivity contribution in [2.75, 3.05) is 11.9 Å². The van der Waals surface area contributed by atoms with Crippen molar-refractivity contribution < 1.29 is 18.4 Å². The maximum atomic E-state index is 13.1. The second-order valence-corrected chi connectivity index (χ2v) is 6.54. The zero-order valence-corrected chi connectivity index (χ0v) is 14.2. The van der Waals surface area contributed by atoms with Crippen molar-refractivity contribution in [3.05, 3.63) is 59.7 Å². The minimum Gasteiger partial charge on any atom is -0.357 e. The van der Waals surface area contributed by atoms with Gasteiger partial charge in [0, 0.05) is 24.1 Å². The van der Waals surface area contributed by atoms with Gasteiger partial charge in [-0.3, -0.25) is 14.5 Å². The molecule has 2 aromatic rings. The van der Waals surface area contributed by atoms with Crippen LogP contribution in [0.15, 0.2) is 53.4 Å². The number of carbonyl (C=O) groups excluding carboxylic acids is 2. The highest BCUT2D eigenvalue weighted by Crippen LogP contribution is 2.36. The normalized spacial score (nSPS) is 16.0. The zero-order chi connectivity index (χ0) is 18.0. The number of carbonyl (C=O) groups is 2. The Morgan fingerprint density at radius 1 is 1.16 bits per heavy atom. The average molecular weight is 362 g/mol. The van der Waals surface area contributed by atoms with E-state index in [4.69, 9.17) is 0 Å². The number of likely N-dealkylation sites (N-methyl/N-ethyl adjacent to an activating group) is 1. The Morgan fingerprint density at radius 3 is 2.56 bits per heavy atom. The highest BCUT2D eigenvalue weighted by atomic mass is 32.2. The van der Waals surface area contributed by atoms with Gasteiger partial charge in [-0.2, -0.15) is 8.78 Å². The number of nitrogens with zero attached hydrogens (tertiary/aromatic N) is 1. The number of amides is 2. The van der Waals surface area contributed by atoms with Crippen LogP contribution < -0.4 is 10.2 Å². The summed E-state index contributed by atoms with van der Waals surface area (Å²) in [6, 6.07) is 12.8. The van der Waals surface area contributed by atoms with E-state index in [1.54, 1.807) is 24.3 Å². The molecule has 1 atom stereocenters. The predicted molar refractivity (Wildman–Crippen MR) is 93.1 cm³/mol. The zero-order valence-electron chi connectivity index (χ0n) is 13.4. The summed E-state index contributed by atoms with van der Waals surface area (Å²) in [5.74, 6) is -3.37. The summed E-state index contributed by atoms with van der Waals surface area (Å²) in [4.78, 5) is 27.0. The van der Waals surface area contributed by atoms with Crippen molar-refractivity contribution in [3.8, 4) is 0 Å². The van der Waals surface area contributed by atoms with Crippen LogP contribution in [-0.4, -0.2) is 30.7 Å². The minimum atomic E-state index is -2.63. The van der Waals surface area contributed by atoms with Crippen molar-refractivity contribution in [1.82, 2.24) is 5.32 Å². The van der Waals surface area contributed by atoms with Gasteiger partial charge in [0.25, 0.3) is 11.7 Å². The van der Waals surface area contributed by atoms with E-state index in [2.05, 4.69) is 5.32 Å². The maximum Gasteiger partial charge on any atom is 0.288 e. The fourth-order valence-corrected chi connectivity index (χ4v) is 3.62. The molecule has 0 saturated heterocycles. The molecular formula is C18H16F2N2O2S. The molecule has 0 fully saturated rings. The van der Waals surface area contributed by atoms with Crippen molar-refractivity contribution in [1.29, 1.82) is 0 Å². The molecule has 2 aromatic carbocycles. The second-order valence-electron chi connectivity index (χ2n) is 5.51. The van der Waals surface area contributed by atoms with Crippen LogP contribution in [0.1, 0.15) is 15.9 Å². The third kappa shape index (κ3) is 3.37. The molecule has 0 unspecified atom stereocenters. The number of fused-ring (bicyclic) bond motifs is 1. The van der Waals surface area contributed by atoms with Gasteiger partial charge in [0.1, 0.15) is 6.04 Å². The highest BCUT2D eigenvalue weighted by molar-refractivity contribution is 7.99. The molecule has 0 radical (unpaired) electrons. The molecular weight excluding hydrogens is 346 g/mol. The molecule has 25 heavy (non-hydrogen) atoms. The van der Waals surface area contributed by atoms with Gasteiger partial charge in [-0.25, -0.2) is 0 Å². The van der Waals surface area contributed by atoms with Crippen molar-refractivity contribution >= 4 is 29.3 Å². The fourth-order valence-electron chi connectivity index (χ4n) is 2.99. The predicted octanol–water partition coefficient (Wildman–Crippen LogP) is 3.32. The third-order valence-electron chi connectivity index (χ3n) is 4.08. The van der Waals surface area contributed by atoms with Crippen LogP contribution in [0.25, 0.3) is 0 Å². The van der Waals surface area contributed by atoms with Gasteiger partial charge >= 0.3 is 0 Å². The topological polar surface area (TPSA) is 49.4 Å². The van der Waals surface area contributed by atoms with E-state index in [0.717, 1.165) is 5.56 Å². The molecule has 1 aliphatic heterocycles. The van der Waals surface area contributed by atoms with E-state index < -0.39 is 17.7 Å². The first-order chi connectivity index (χ1) is 12.0. The molecule has 0 aliphatic carbocycles. The van der Waals surface area contributed by atoms with Gasteiger partial charge in [-0.1, -0.05) is 42.1 Å². The average Bonchev–Trinajstić information content (AvgIpc) is 3.00. The number of halogens is 2. The van der Waals surface area contributed by atoms with Gasteiger partial charge in [-0.05, 0) is 23.8 Å². The Kier molecular flexibility index (Phi) is 5.03. The Hall–Kier alpha value is -2.41. The number of nitrogens with one attached hydrogen (secondary N) is 1. The summed E-state index contributed by atoms with van der Waals surface area (Å²) in [5, 5.41) is 2.57. The van der Waals surface area contributed by atoms with Crippen LogP contribution in [-0.2, 0) is 11.2 Å². The third-order valence-corrected chi connectivity index (χ3v) is 4.87. The van der Waals surface area contributed by atoms with Crippen LogP contribution in [0.4, 0.5) is 14.5 Å². The lowest BCUT2D eigenvalue weighted by molar-refractivity contribution is -0.121. The molecule has 1 heterocycles. The molecule has 0 bridgehead atoms. The number of thioether (sulfide) groups is 1. The number of hydrogen-bond acceptors (Lipinski definition) is 3. The molecule has 1 aliphatic rings. The fraction of sp³-hybridized carbons (Fsp3) is 0.222. The van der Waals surface area contributed by atoms with E-state index in [0.29, 0.717) is 23.9 Å². The maximum absolute atomic E-state index is 13.1. The lowest BCUT2D eigenvalue weighted by Gasteiger charge is -2.25. The molecule has 3 rings (SSSR count). The van der Waals surface area contributed by atoms with E-state index >= 15 is 0 Å². The quantitative estimate of drug-likeness (QED) is 0.849. The van der Waals surface area contributed by atoms with Gasteiger partial charge in [0.2, 0.25) is 5.91 Å². The van der Waals surface area contributed by atoms with Gasteiger partial charge in [-0.15, -0.1) is 0 Å². The summed E-state index contributed by atoms with van der Waals surface area (Å²) in [6.45, 7) is 0. The first-order valence-corrected chi connectivity index (χ1v) is 8.57. The van der Waals surface area contributed by atoms with Crippen molar-refractivity contribution in [3.63, 3.8) is 0 Å². The molecule has 1 N–H and O–H groups in total. The Morgan fingerprint density at radius 2 is 1.84 bits per heavy atom. The Labute approximate surface area is 148 Å². The van der Waals surface area contributed by atoms with Crippen LogP contribution in [0.3, 0.4) is 0 Å². The molecule has 0 saturated carbocycles. The smallest absolute Gasteiger partial charge is 0.288 e.